The summed E-state index contributed by atoms with van der Waals surface area (Å²) in [6.45, 7) is 8.75. The summed E-state index contributed by atoms with van der Waals surface area (Å²) in [5.74, 6) is 0.561. The van der Waals surface area contributed by atoms with Crippen molar-refractivity contribution in [2.75, 3.05) is 11.9 Å². The molecule has 2 saturated carbocycles. The minimum atomic E-state index is -0.373. The second kappa shape index (κ2) is 7.18. The Bertz CT molecular complexity index is 1360. The van der Waals surface area contributed by atoms with Gasteiger partial charge in [-0.2, -0.15) is 5.10 Å². The minimum absolute atomic E-state index is 0.0457. The Labute approximate surface area is 197 Å². The summed E-state index contributed by atoms with van der Waals surface area (Å²) in [5, 5.41) is 8.50. The van der Waals surface area contributed by atoms with E-state index in [0.29, 0.717) is 23.8 Å². The van der Waals surface area contributed by atoms with Crippen molar-refractivity contribution in [3.63, 3.8) is 0 Å². The van der Waals surface area contributed by atoms with Crippen LogP contribution in [-0.4, -0.2) is 38.6 Å². The SMILES string of the molecule is CC(C)Oc1cc2nn(C34COC(C)(C3)C4)cc2cc1C(=O)Nc1cccn([C@@H]2C[C@@H]2C)c1=O. The third-order valence-corrected chi connectivity index (χ3v) is 7.44. The molecule has 7 rings (SSSR count). The molecule has 2 aliphatic heterocycles. The first-order valence-electron chi connectivity index (χ1n) is 12.0. The van der Waals surface area contributed by atoms with Crippen molar-refractivity contribution >= 4 is 22.5 Å². The fourth-order valence-corrected chi connectivity index (χ4v) is 5.65. The van der Waals surface area contributed by atoms with Crippen molar-refractivity contribution in [3.8, 4) is 5.75 Å². The highest BCUT2D eigenvalue weighted by atomic mass is 16.5. The van der Waals surface area contributed by atoms with Gasteiger partial charge in [0.25, 0.3) is 11.5 Å². The number of hydrogen-bond acceptors (Lipinski definition) is 5. The number of carbonyl (C=O) groups is 1. The number of pyridine rings is 1. The maximum absolute atomic E-state index is 13.4. The van der Waals surface area contributed by atoms with Gasteiger partial charge in [0.1, 0.15) is 11.4 Å². The number of carbonyl (C=O) groups excluding carboxylic acids is 1. The van der Waals surface area contributed by atoms with Crippen LogP contribution in [0.2, 0.25) is 0 Å². The highest BCUT2D eigenvalue weighted by molar-refractivity contribution is 6.08. The van der Waals surface area contributed by atoms with Gasteiger partial charge in [0.2, 0.25) is 0 Å². The Morgan fingerprint density at radius 1 is 1.32 bits per heavy atom. The summed E-state index contributed by atoms with van der Waals surface area (Å²) in [6, 6.07) is 7.28. The maximum atomic E-state index is 13.4. The van der Waals surface area contributed by atoms with E-state index in [2.05, 4.69) is 19.2 Å². The summed E-state index contributed by atoms with van der Waals surface area (Å²) in [5.41, 5.74) is 1.09. The molecule has 3 aromatic rings. The second-order valence-electron chi connectivity index (χ2n) is 10.8. The molecule has 0 spiro atoms. The van der Waals surface area contributed by atoms with E-state index in [9.17, 15) is 9.59 Å². The van der Waals surface area contributed by atoms with Gasteiger partial charge in [-0.15, -0.1) is 0 Å². The molecular weight excluding hydrogens is 432 g/mol. The van der Waals surface area contributed by atoms with Crippen LogP contribution in [0.15, 0.2) is 41.5 Å². The van der Waals surface area contributed by atoms with Crippen molar-refractivity contribution in [1.29, 1.82) is 0 Å². The molecule has 2 aromatic heterocycles. The number of amides is 1. The number of nitrogens with zero attached hydrogens (tertiary/aromatic N) is 3. The van der Waals surface area contributed by atoms with Gasteiger partial charge in [-0.05, 0) is 51.3 Å². The zero-order valence-corrected chi connectivity index (χ0v) is 20.0. The van der Waals surface area contributed by atoms with E-state index in [-0.39, 0.29) is 40.4 Å². The molecule has 1 N–H and O–H groups in total. The lowest BCUT2D eigenvalue weighted by atomic mass is 9.69. The molecule has 1 aromatic carbocycles. The van der Waals surface area contributed by atoms with Crippen molar-refractivity contribution in [3.05, 3.63) is 52.6 Å². The fourth-order valence-electron chi connectivity index (χ4n) is 5.65. The van der Waals surface area contributed by atoms with Gasteiger partial charge in [-0.25, -0.2) is 0 Å². The van der Waals surface area contributed by atoms with Crippen LogP contribution in [0, 0.1) is 5.92 Å². The third kappa shape index (κ3) is 3.35. The van der Waals surface area contributed by atoms with Crippen molar-refractivity contribution < 1.29 is 14.3 Å². The Balaban J connectivity index is 1.35. The van der Waals surface area contributed by atoms with Crippen molar-refractivity contribution in [1.82, 2.24) is 14.3 Å². The number of anilines is 1. The molecular formula is C26H30N4O4. The average molecular weight is 463 g/mol. The smallest absolute Gasteiger partial charge is 0.274 e. The predicted octanol–water partition coefficient (Wildman–Crippen LogP) is 4.10. The summed E-state index contributed by atoms with van der Waals surface area (Å²) in [7, 11) is 0. The van der Waals surface area contributed by atoms with E-state index in [0.717, 1.165) is 30.2 Å². The van der Waals surface area contributed by atoms with E-state index in [4.69, 9.17) is 14.6 Å². The number of nitrogens with one attached hydrogen (secondary N) is 1. The van der Waals surface area contributed by atoms with Crippen LogP contribution in [0.3, 0.4) is 0 Å². The monoisotopic (exact) mass is 462 g/mol. The maximum Gasteiger partial charge on any atom is 0.274 e. The van der Waals surface area contributed by atoms with E-state index in [1.165, 1.54) is 0 Å². The molecule has 2 bridgehead atoms. The Kier molecular flexibility index (Phi) is 4.52. The summed E-state index contributed by atoms with van der Waals surface area (Å²) in [4.78, 5) is 26.3. The standard InChI is InChI=1S/C26H30N4O4/c1-15(2)34-22-10-20-17(11-30(28-20)26-12-25(4,13-26)33-14-26)9-18(22)23(31)27-19-6-5-7-29(24(19)32)21-8-16(21)3/h5-7,9-11,15-16,21H,8,12-14H2,1-4H3,(H,27,31)/t16-,21+,25?,26?/m0/s1. The van der Waals surface area contributed by atoms with Gasteiger partial charge in [0.15, 0.2) is 0 Å². The first kappa shape index (κ1) is 21.4. The van der Waals surface area contributed by atoms with Crippen LogP contribution in [0.4, 0.5) is 5.69 Å². The van der Waals surface area contributed by atoms with E-state index in [1.807, 2.05) is 30.8 Å². The largest absolute Gasteiger partial charge is 0.490 e. The zero-order valence-electron chi connectivity index (χ0n) is 20.0. The first-order valence-corrected chi connectivity index (χ1v) is 12.0. The molecule has 4 heterocycles. The molecule has 4 aliphatic rings. The number of benzene rings is 1. The normalized spacial score (nSPS) is 29.3. The van der Waals surface area contributed by atoms with Gasteiger partial charge in [0, 0.05) is 42.7 Å². The van der Waals surface area contributed by atoms with E-state index >= 15 is 0 Å². The highest BCUT2D eigenvalue weighted by Gasteiger charge is 2.61. The molecule has 2 atom stereocenters. The third-order valence-electron chi connectivity index (χ3n) is 7.44. The molecule has 8 nitrogen and oxygen atoms in total. The Hall–Kier alpha value is -3.13. The van der Waals surface area contributed by atoms with E-state index < -0.39 is 0 Å². The Morgan fingerprint density at radius 3 is 2.74 bits per heavy atom. The van der Waals surface area contributed by atoms with Crippen LogP contribution in [-0.2, 0) is 10.3 Å². The molecule has 8 heteroatoms. The number of fused-ring (bicyclic) bond motifs is 2. The van der Waals surface area contributed by atoms with Crippen LogP contribution in [0.5, 0.6) is 5.75 Å². The number of hydrogen-bond donors (Lipinski definition) is 1. The zero-order chi connectivity index (χ0) is 23.8. The minimum Gasteiger partial charge on any atom is -0.490 e. The fraction of sp³-hybridized carbons (Fsp3) is 0.500. The summed E-state index contributed by atoms with van der Waals surface area (Å²) in [6.07, 6.45) is 6.52. The van der Waals surface area contributed by atoms with Crippen LogP contribution in [0.25, 0.3) is 10.9 Å². The van der Waals surface area contributed by atoms with Gasteiger partial charge in [-0.1, -0.05) is 6.92 Å². The summed E-state index contributed by atoms with van der Waals surface area (Å²) < 4.78 is 15.7. The lowest BCUT2D eigenvalue weighted by Crippen LogP contribution is -2.49. The number of aromatic nitrogens is 3. The Morgan fingerprint density at radius 2 is 2.09 bits per heavy atom. The van der Waals surface area contributed by atoms with Crippen molar-refractivity contribution in [2.45, 2.75) is 70.2 Å². The first-order chi connectivity index (χ1) is 16.2. The van der Waals surface area contributed by atoms with Gasteiger partial charge < -0.3 is 19.4 Å². The van der Waals surface area contributed by atoms with Crippen molar-refractivity contribution in [2.24, 2.45) is 5.92 Å². The quantitative estimate of drug-likeness (QED) is 0.596. The molecule has 0 radical (unpaired) electrons. The molecule has 4 fully saturated rings. The molecule has 2 aliphatic carbocycles. The van der Waals surface area contributed by atoms with Gasteiger partial charge in [0.05, 0.1) is 34.9 Å². The lowest BCUT2D eigenvalue weighted by molar-refractivity contribution is 0.00383. The van der Waals surface area contributed by atoms with E-state index in [1.54, 1.807) is 29.0 Å². The molecule has 1 amide bonds. The molecule has 34 heavy (non-hydrogen) atoms. The molecule has 2 saturated heterocycles. The second-order valence-corrected chi connectivity index (χ2v) is 10.8. The topological polar surface area (TPSA) is 87.4 Å². The molecule has 0 unspecified atom stereocenters. The van der Waals surface area contributed by atoms with Crippen LogP contribution < -0.4 is 15.6 Å². The van der Waals surface area contributed by atoms with Gasteiger partial charge >= 0.3 is 0 Å². The predicted molar refractivity (Wildman–Crippen MR) is 129 cm³/mol. The van der Waals surface area contributed by atoms with Gasteiger partial charge in [-0.3, -0.25) is 14.3 Å². The number of ether oxygens (including phenoxy) is 2. The average Bonchev–Trinajstić information content (AvgIpc) is 3.08. The highest BCUT2D eigenvalue weighted by Crippen LogP contribution is 2.55. The molecule has 178 valence electrons. The number of rotatable bonds is 6. The van der Waals surface area contributed by atoms with Crippen LogP contribution in [0.1, 0.15) is 63.4 Å². The van der Waals surface area contributed by atoms with Crippen LogP contribution >= 0.6 is 0 Å². The summed E-state index contributed by atoms with van der Waals surface area (Å²) >= 11 is 0. The lowest BCUT2D eigenvalue weighted by Gasteiger charge is -2.42.